The van der Waals surface area contributed by atoms with E-state index < -0.39 is 0 Å². The number of benzene rings is 3. The molecule has 3 aromatic carbocycles. The summed E-state index contributed by atoms with van der Waals surface area (Å²) in [6.45, 7) is 2.07. The highest BCUT2D eigenvalue weighted by molar-refractivity contribution is 7.10. The third-order valence-electron chi connectivity index (χ3n) is 6.56. The lowest BCUT2D eigenvalue weighted by atomic mass is 9.98. The standard InChI is InChI=1S/C29H21ClN6S/c1-18-25-26(24-12-7-17-37-24)35-23-11-6-5-10-22(23)32-27(31-20-15-13-19(30)14-16-20)29(35)33-28(25)36(34-18)21-8-3-2-4-9-21/h2-17,26H,1H3,(H,31,32)/t26-/m0/s1. The average molecular weight is 521 g/mol. The fourth-order valence-corrected chi connectivity index (χ4v) is 5.88. The predicted molar refractivity (Wildman–Crippen MR) is 153 cm³/mol. The van der Waals surface area contributed by atoms with Crippen molar-refractivity contribution in [3.8, 4) is 5.69 Å². The third-order valence-corrected chi connectivity index (χ3v) is 7.74. The number of hydrogen-bond donors (Lipinski definition) is 1. The van der Waals surface area contributed by atoms with Gasteiger partial charge in [0.15, 0.2) is 17.5 Å². The summed E-state index contributed by atoms with van der Waals surface area (Å²) in [6.07, 6.45) is 0. The topological polar surface area (TPSA) is 57.8 Å². The number of hydrogen-bond acceptors (Lipinski definition) is 6. The molecule has 7 rings (SSSR count). The van der Waals surface area contributed by atoms with E-state index >= 15 is 0 Å². The van der Waals surface area contributed by atoms with Gasteiger partial charge in [-0.05, 0) is 66.9 Å². The second-order valence-corrected chi connectivity index (χ2v) is 10.3. The van der Waals surface area contributed by atoms with Crippen molar-refractivity contribution in [2.24, 2.45) is 9.98 Å². The van der Waals surface area contributed by atoms with Crippen molar-refractivity contribution in [2.75, 3.05) is 10.2 Å². The molecule has 2 aromatic heterocycles. The summed E-state index contributed by atoms with van der Waals surface area (Å²) in [5.74, 6) is 2.24. The van der Waals surface area contributed by atoms with E-state index in [0.29, 0.717) is 10.9 Å². The molecule has 180 valence electrons. The van der Waals surface area contributed by atoms with E-state index in [4.69, 9.17) is 26.7 Å². The van der Waals surface area contributed by atoms with Gasteiger partial charge in [-0.3, -0.25) is 0 Å². The van der Waals surface area contributed by atoms with Crippen LogP contribution in [0.2, 0.25) is 5.02 Å². The summed E-state index contributed by atoms with van der Waals surface area (Å²) in [4.78, 5) is 13.8. The Morgan fingerprint density at radius 2 is 1.65 bits per heavy atom. The number of halogens is 1. The SMILES string of the molecule is Cc1nn(-c2ccccc2)c2c1[C@H](c1cccs1)N1C(=N2)C(Nc2ccc(Cl)cc2)=Nc2ccccc21. The summed E-state index contributed by atoms with van der Waals surface area (Å²) in [5.41, 5.74) is 5.80. The van der Waals surface area contributed by atoms with Crippen LogP contribution in [0.5, 0.6) is 0 Å². The van der Waals surface area contributed by atoms with E-state index in [9.17, 15) is 0 Å². The maximum atomic E-state index is 6.14. The molecular formula is C29H21ClN6S. The quantitative estimate of drug-likeness (QED) is 0.265. The molecule has 1 atom stereocenters. The number of anilines is 2. The monoisotopic (exact) mass is 520 g/mol. The normalized spacial score (nSPS) is 15.8. The highest BCUT2D eigenvalue weighted by Crippen LogP contribution is 2.49. The molecule has 0 aliphatic carbocycles. The first-order chi connectivity index (χ1) is 18.2. The summed E-state index contributed by atoms with van der Waals surface area (Å²) >= 11 is 7.88. The Morgan fingerprint density at radius 1 is 0.865 bits per heavy atom. The number of aliphatic imine (C=N–C) groups is 2. The van der Waals surface area contributed by atoms with E-state index in [1.807, 2.05) is 65.3 Å². The van der Waals surface area contributed by atoms with E-state index in [-0.39, 0.29) is 6.04 Å². The molecule has 0 bridgehead atoms. The molecule has 37 heavy (non-hydrogen) atoms. The molecule has 4 heterocycles. The Morgan fingerprint density at radius 3 is 2.43 bits per heavy atom. The Labute approximate surface area is 223 Å². The number of para-hydroxylation sites is 3. The fraction of sp³-hybridized carbons (Fsp3) is 0.0690. The van der Waals surface area contributed by atoms with Crippen molar-refractivity contribution in [1.29, 1.82) is 0 Å². The lowest BCUT2D eigenvalue weighted by Crippen LogP contribution is -2.46. The van der Waals surface area contributed by atoms with Gasteiger partial charge in [-0.2, -0.15) is 5.10 Å². The zero-order valence-corrected chi connectivity index (χ0v) is 21.4. The third kappa shape index (κ3) is 3.66. The number of rotatable bonds is 3. The maximum Gasteiger partial charge on any atom is 0.179 e. The highest BCUT2D eigenvalue weighted by Gasteiger charge is 2.41. The molecule has 5 aromatic rings. The first-order valence-electron chi connectivity index (χ1n) is 11.9. The van der Waals surface area contributed by atoms with Gasteiger partial charge in [0.1, 0.15) is 6.04 Å². The van der Waals surface area contributed by atoms with Crippen LogP contribution in [0.1, 0.15) is 22.2 Å². The molecule has 0 radical (unpaired) electrons. The van der Waals surface area contributed by atoms with Crippen molar-refractivity contribution < 1.29 is 0 Å². The summed E-state index contributed by atoms with van der Waals surface area (Å²) in [6, 6.07) is 30.1. The number of nitrogens with one attached hydrogen (secondary N) is 1. The largest absolute Gasteiger partial charge is 0.337 e. The molecular weight excluding hydrogens is 500 g/mol. The highest BCUT2D eigenvalue weighted by atomic mass is 35.5. The van der Waals surface area contributed by atoms with Crippen molar-refractivity contribution in [3.63, 3.8) is 0 Å². The van der Waals surface area contributed by atoms with Crippen molar-refractivity contribution in [1.82, 2.24) is 9.78 Å². The van der Waals surface area contributed by atoms with Crippen LogP contribution >= 0.6 is 22.9 Å². The van der Waals surface area contributed by atoms with Crippen molar-refractivity contribution in [2.45, 2.75) is 13.0 Å². The van der Waals surface area contributed by atoms with Gasteiger partial charge in [0.05, 0.1) is 22.8 Å². The number of nitrogens with zero attached hydrogens (tertiary/aromatic N) is 5. The van der Waals surface area contributed by atoms with Gasteiger partial charge < -0.3 is 10.2 Å². The molecule has 0 spiro atoms. The van der Waals surface area contributed by atoms with Crippen LogP contribution in [-0.2, 0) is 0 Å². The van der Waals surface area contributed by atoms with E-state index in [1.165, 1.54) is 4.88 Å². The molecule has 8 heteroatoms. The Balaban J connectivity index is 1.49. The second kappa shape index (κ2) is 8.73. The van der Waals surface area contributed by atoms with Crippen molar-refractivity contribution >= 4 is 57.5 Å². The maximum absolute atomic E-state index is 6.14. The molecule has 6 nitrogen and oxygen atoms in total. The minimum atomic E-state index is -0.0985. The molecule has 1 N–H and O–H groups in total. The van der Waals surface area contributed by atoms with Crippen LogP contribution in [-0.4, -0.2) is 21.5 Å². The predicted octanol–water partition coefficient (Wildman–Crippen LogP) is 7.69. The number of amidine groups is 2. The van der Waals surface area contributed by atoms with Gasteiger partial charge >= 0.3 is 0 Å². The Hall–Kier alpha value is -4.20. The summed E-state index contributed by atoms with van der Waals surface area (Å²) in [7, 11) is 0. The number of thiophene rings is 1. The van der Waals surface area contributed by atoms with Crippen LogP contribution in [0.15, 0.2) is 106 Å². The van der Waals surface area contributed by atoms with Gasteiger partial charge in [0, 0.05) is 21.2 Å². The summed E-state index contributed by atoms with van der Waals surface area (Å²) in [5, 5.41) is 11.3. The lowest BCUT2D eigenvalue weighted by Gasteiger charge is -2.40. The van der Waals surface area contributed by atoms with Gasteiger partial charge in [-0.25, -0.2) is 14.7 Å². The summed E-state index contributed by atoms with van der Waals surface area (Å²) < 4.78 is 1.94. The first kappa shape index (κ1) is 22.0. The van der Waals surface area contributed by atoms with Crippen LogP contribution < -0.4 is 10.2 Å². The first-order valence-corrected chi connectivity index (χ1v) is 13.2. The van der Waals surface area contributed by atoms with E-state index in [1.54, 1.807) is 11.3 Å². The Kier molecular flexibility index (Phi) is 5.20. The Bertz CT molecular complexity index is 1670. The molecule has 0 saturated heterocycles. The van der Waals surface area contributed by atoms with E-state index in [0.717, 1.165) is 45.7 Å². The minimum absolute atomic E-state index is 0.0985. The number of fused-ring (bicyclic) bond motifs is 4. The van der Waals surface area contributed by atoms with Gasteiger partial charge in [0.2, 0.25) is 0 Å². The fourth-order valence-electron chi connectivity index (χ4n) is 4.93. The van der Waals surface area contributed by atoms with E-state index in [2.05, 4.69) is 52.9 Å². The van der Waals surface area contributed by atoms with Gasteiger partial charge in [-0.1, -0.05) is 48.0 Å². The second-order valence-electron chi connectivity index (χ2n) is 8.87. The zero-order chi connectivity index (χ0) is 24.9. The molecule has 0 amide bonds. The minimum Gasteiger partial charge on any atom is -0.337 e. The zero-order valence-electron chi connectivity index (χ0n) is 19.8. The molecule has 2 aliphatic rings. The van der Waals surface area contributed by atoms with Crippen LogP contribution in [0.4, 0.5) is 22.9 Å². The number of aromatic nitrogens is 2. The molecule has 0 saturated carbocycles. The van der Waals surface area contributed by atoms with Crippen LogP contribution in [0.3, 0.4) is 0 Å². The molecule has 0 fully saturated rings. The van der Waals surface area contributed by atoms with Gasteiger partial charge in [-0.15, -0.1) is 11.3 Å². The van der Waals surface area contributed by atoms with Crippen molar-refractivity contribution in [3.05, 3.63) is 118 Å². The van der Waals surface area contributed by atoms with Crippen LogP contribution in [0.25, 0.3) is 5.69 Å². The smallest absolute Gasteiger partial charge is 0.179 e. The lowest BCUT2D eigenvalue weighted by molar-refractivity contribution is 0.830. The average Bonchev–Trinajstić information content (AvgIpc) is 3.58. The molecule has 2 aliphatic heterocycles. The van der Waals surface area contributed by atoms with Gasteiger partial charge in [0.25, 0.3) is 0 Å². The molecule has 0 unspecified atom stereocenters. The van der Waals surface area contributed by atoms with Crippen LogP contribution in [0, 0.1) is 6.92 Å². The number of aryl methyl sites for hydroxylation is 1.